The number of rotatable bonds is 6. The van der Waals surface area contributed by atoms with Gasteiger partial charge in [-0.2, -0.15) is 5.26 Å². The van der Waals surface area contributed by atoms with Crippen molar-refractivity contribution in [2.24, 2.45) is 0 Å². The van der Waals surface area contributed by atoms with Gasteiger partial charge in [-0.25, -0.2) is 4.79 Å². The van der Waals surface area contributed by atoms with Gasteiger partial charge >= 0.3 is 5.97 Å². The van der Waals surface area contributed by atoms with Gasteiger partial charge in [0.1, 0.15) is 24.0 Å². The molecule has 0 saturated heterocycles. The number of aromatic nitrogens is 1. The number of carbonyl (C=O) groups excluding carboxylic acids is 1. The van der Waals surface area contributed by atoms with Crippen molar-refractivity contribution in [1.82, 2.24) is 4.98 Å². The molecule has 0 saturated carbocycles. The van der Waals surface area contributed by atoms with Gasteiger partial charge in [0.25, 0.3) is 0 Å². The summed E-state index contributed by atoms with van der Waals surface area (Å²) in [6.07, 6.45) is 1.45. The van der Waals surface area contributed by atoms with E-state index in [9.17, 15) is 9.59 Å². The van der Waals surface area contributed by atoms with Crippen molar-refractivity contribution >= 4 is 34.5 Å². The summed E-state index contributed by atoms with van der Waals surface area (Å²) in [5.74, 6) is -0.0733. The molecular weight excluding hydrogens is 392 g/mol. The standard InChI is InChI=1S/C22H17ClN2O4/c1-2-28-22(27)15(12-24)9-14-3-6-18(7-4-14)29-13-16-10-21(26)25-20-11-17(23)5-8-19(16)20/h3-11H,2,13H2,1H3,(H,25,26). The Kier molecular flexibility index (Phi) is 6.32. The van der Waals surface area contributed by atoms with E-state index in [0.717, 1.165) is 10.9 Å². The topological polar surface area (TPSA) is 92.2 Å². The Bertz CT molecular complexity index is 1170. The first kappa shape index (κ1) is 20.2. The molecule has 1 N–H and O–H groups in total. The van der Waals surface area contributed by atoms with Gasteiger partial charge in [0, 0.05) is 22.0 Å². The molecule has 0 unspecified atom stereocenters. The van der Waals surface area contributed by atoms with Gasteiger partial charge in [0.2, 0.25) is 5.56 Å². The number of nitrogens with one attached hydrogen (secondary N) is 1. The zero-order chi connectivity index (χ0) is 20.8. The minimum atomic E-state index is -0.656. The van der Waals surface area contributed by atoms with Crippen LogP contribution in [0.2, 0.25) is 5.02 Å². The summed E-state index contributed by atoms with van der Waals surface area (Å²) in [5, 5.41) is 10.5. The average molecular weight is 409 g/mol. The van der Waals surface area contributed by atoms with Gasteiger partial charge in [-0.15, -0.1) is 0 Å². The molecule has 2 aromatic carbocycles. The van der Waals surface area contributed by atoms with Gasteiger partial charge in [-0.3, -0.25) is 4.79 Å². The molecule has 7 heteroatoms. The number of hydrogen-bond donors (Lipinski definition) is 1. The quantitative estimate of drug-likeness (QED) is 0.374. The number of carbonyl (C=O) groups is 1. The lowest BCUT2D eigenvalue weighted by Crippen LogP contribution is -2.08. The summed E-state index contributed by atoms with van der Waals surface area (Å²) in [6, 6.07) is 15.5. The Hall–Kier alpha value is -3.56. The van der Waals surface area contributed by atoms with Crippen molar-refractivity contribution < 1.29 is 14.3 Å². The van der Waals surface area contributed by atoms with Crippen molar-refractivity contribution in [2.75, 3.05) is 6.61 Å². The molecule has 0 amide bonds. The summed E-state index contributed by atoms with van der Waals surface area (Å²) in [6.45, 7) is 2.08. The normalized spacial score (nSPS) is 11.1. The van der Waals surface area contributed by atoms with Crippen LogP contribution in [-0.4, -0.2) is 17.6 Å². The molecule has 0 spiro atoms. The maximum absolute atomic E-state index is 11.9. The molecule has 0 aliphatic rings. The highest BCUT2D eigenvalue weighted by Crippen LogP contribution is 2.22. The lowest BCUT2D eigenvalue weighted by molar-refractivity contribution is -0.137. The van der Waals surface area contributed by atoms with E-state index >= 15 is 0 Å². The highest BCUT2D eigenvalue weighted by atomic mass is 35.5. The zero-order valence-corrected chi connectivity index (χ0v) is 16.3. The van der Waals surface area contributed by atoms with Crippen LogP contribution in [0.1, 0.15) is 18.1 Å². The first-order chi connectivity index (χ1) is 14.0. The smallest absolute Gasteiger partial charge is 0.348 e. The fourth-order valence-corrected chi connectivity index (χ4v) is 2.93. The molecular formula is C22H17ClN2O4. The number of halogens is 1. The van der Waals surface area contributed by atoms with E-state index in [1.807, 2.05) is 12.1 Å². The Balaban J connectivity index is 1.76. The third kappa shape index (κ3) is 5.03. The van der Waals surface area contributed by atoms with Gasteiger partial charge in [0.05, 0.1) is 12.1 Å². The van der Waals surface area contributed by atoms with Crippen LogP contribution >= 0.6 is 11.6 Å². The number of fused-ring (bicyclic) bond motifs is 1. The summed E-state index contributed by atoms with van der Waals surface area (Å²) < 4.78 is 10.6. The molecule has 6 nitrogen and oxygen atoms in total. The maximum Gasteiger partial charge on any atom is 0.348 e. The highest BCUT2D eigenvalue weighted by Gasteiger charge is 2.10. The number of benzene rings is 2. The molecule has 3 aromatic rings. The molecule has 3 rings (SSSR count). The van der Waals surface area contributed by atoms with Crippen LogP contribution in [0.3, 0.4) is 0 Å². The molecule has 0 aliphatic carbocycles. The van der Waals surface area contributed by atoms with Crippen LogP contribution in [-0.2, 0) is 16.1 Å². The molecule has 0 fully saturated rings. The average Bonchev–Trinajstić information content (AvgIpc) is 2.70. The van der Waals surface area contributed by atoms with Gasteiger partial charge in [-0.1, -0.05) is 29.8 Å². The second kappa shape index (κ2) is 9.09. The van der Waals surface area contributed by atoms with Crippen LogP contribution in [0.15, 0.2) is 58.9 Å². The third-order valence-corrected chi connectivity index (χ3v) is 4.33. The van der Waals surface area contributed by atoms with Crippen molar-refractivity contribution in [3.63, 3.8) is 0 Å². The highest BCUT2D eigenvalue weighted by molar-refractivity contribution is 6.31. The number of H-pyrrole nitrogens is 1. The van der Waals surface area contributed by atoms with Crippen LogP contribution in [0.4, 0.5) is 0 Å². The van der Waals surface area contributed by atoms with Crippen molar-refractivity contribution in [3.8, 4) is 11.8 Å². The molecule has 29 heavy (non-hydrogen) atoms. The van der Waals surface area contributed by atoms with Gasteiger partial charge in [0.15, 0.2) is 0 Å². The molecule has 146 valence electrons. The fourth-order valence-electron chi connectivity index (χ4n) is 2.76. The van der Waals surface area contributed by atoms with Crippen molar-refractivity contribution in [3.05, 3.63) is 80.6 Å². The number of esters is 1. The maximum atomic E-state index is 11.9. The first-order valence-corrected chi connectivity index (χ1v) is 9.21. The van der Waals surface area contributed by atoms with E-state index in [1.165, 1.54) is 12.1 Å². The summed E-state index contributed by atoms with van der Waals surface area (Å²) in [7, 11) is 0. The number of ether oxygens (including phenoxy) is 2. The van der Waals surface area contributed by atoms with E-state index in [0.29, 0.717) is 21.9 Å². The lowest BCUT2D eigenvalue weighted by atomic mass is 10.1. The third-order valence-electron chi connectivity index (χ3n) is 4.09. The second-order valence-electron chi connectivity index (χ2n) is 6.10. The van der Waals surface area contributed by atoms with E-state index < -0.39 is 5.97 Å². The van der Waals surface area contributed by atoms with E-state index in [1.54, 1.807) is 43.3 Å². The summed E-state index contributed by atoms with van der Waals surface area (Å²) in [4.78, 5) is 26.3. The number of nitriles is 1. The summed E-state index contributed by atoms with van der Waals surface area (Å²) >= 11 is 5.99. The van der Waals surface area contributed by atoms with E-state index in [2.05, 4.69) is 4.98 Å². The van der Waals surface area contributed by atoms with Gasteiger partial charge in [-0.05, 0) is 42.8 Å². The Labute approximate surface area is 172 Å². The lowest BCUT2D eigenvalue weighted by Gasteiger charge is -2.09. The number of hydrogen-bond acceptors (Lipinski definition) is 5. The van der Waals surface area contributed by atoms with Crippen LogP contribution < -0.4 is 10.3 Å². The molecule has 0 atom stereocenters. The Morgan fingerprint density at radius 2 is 1.97 bits per heavy atom. The van der Waals surface area contributed by atoms with E-state index in [4.69, 9.17) is 26.3 Å². The molecule has 1 aromatic heterocycles. The first-order valence-electron chi connectivity index (χ1n) is 8.83. The molecule has 0 aliphatic heterocycles. The van der Waals surface area contributed by atoms with Crippen molar-refractivity contribution in [2.45, 2.75) is 13.5 Å². The monoisotopic (exact) mass is 408 g/mol. The fraction of sp³-hybridized carbons (Fsp3) is 0.136. The zero-order valence-electron chi connectivity index (χ0n) is 15.6. The number of aromatic amines is 1. The number of nitrogens with zero attached hydrogens (tertiary/aromatic N) is 1. The van der Waals surface area contributed by atoms with Crippen molar-refractivity contribution in [1.29, 1.82) is 5.26 Å². The number of pyridine rings is 1. The minimum Gasteiger partial charge on any atom is -0.489 e. The second-order valence-corrected chi connectivity index (χ2v) is 6.53. The SMILES string of the molecule is CCOC(=O)C(C#N)=Cc1ccc(OCc2cc(=O)[nH]c3cc(Cl)ccc23)cc1. The largest absolute Gasteiger partial charge is 0.489 e. The predicted molar refractivity (Wildman–Crippen MR) is 111 cm³/mol. The van der Waals surface area contributed by atoms with E-state index in [-0.39, 0.29) is 24.3 Å². The predicted octanol–water partition coefficient (Wildman–Crippen LogP) is 4.23. The summed E-state index contributed by atoms with van der Waals surface area (Å²) in [5.41, 5.74) is 1.74. The Morgan fingerprint density at radius 3 is 2.66 bits per heavy atom. The van der Waals surface area contributed by atoms with Crippen LogP contribution in [0.25, 0.3) is 17.0 Å². The molecule has 1 heterocycles. The minimum absolute atomic E-state index is 0.0749. The Morgan fingerprint density at radius 1 is 1.21 bits per heavy atom. The molecule has 0 radical (unpaired) electrons. The van der Waals surface area contributed by atoms with Crippen LogP contribution in [0.5, 0.6) is 5.75 Å². The van der Waals surface area contributed by atoms with Gasteiger partial charge < -0.3 is 14.5 Å². The molecule has 0 bridgehead atoms. The van der Waals surface area contributed by atoms with Crippen LogP contribution in [0, 0.1) is 11.3 Å².